The third kappa shape index (κ3) is 2.73. The van der Waals surface area contributed by atoms with E-state index in [1.54, 1.807) is 23.5 Å². The highest BCUT2D eigenvalue weighted by Crippen LogP contribution is 2.47. The Labute approximate surface area is 130 Å². The van der Waals surface area contributed by atoms with Crippen LogP contribution in [0.25, 0.3) is 0 Å². The van der Waals surface area contributed by atoms with Gasteiger partial charge in [-0.15, -0.1) is 11.8 Å². The van der Waals surface area contributed by atoms with Gasteiger partial charge in [-0.05, 0) is 47.7 Å². The largest absolute Gasteiger partial charge is 0.235 e. The summed E-state index contributed by atoms with van der Waals surface area (Å²) in [6.45, 7) is 0. The van der Waals surface area contributed by atoms with Crippen LogP contribution >= 0.6 is 35.1 Å². The number of fused-ring (bicyclic) bond motifs is 1. The normalized spacial score (nSPS) is 17.6. The van der Waals surface area contributed by atoms with Crippen molar-refractivity contribution in [3.05, 3.63) is 64.4 Å². The molecule has 0 bridgehead atoms. The highest BCUT2D eigenvalue weighted by atomic mass is 35.5. The molecular weight excluding hydrogens is 313 g/mol. The Morgan fingerprint density at radius 3 is 2.65 bits per heavy atom. The molecule has 3 rings (SSSR count). The standard InChI is InChI=1S/C15H11ClFNS2/c1-19-15-18-13-7-4-10(16)8-12(13)14(20-15)9-2-5-11(17)6-3-9/h2-8,14H,1H3. The highest BCUT2D eigenvalue weighted by molar-refractivity contribution is 8.38. The van der Waals surface area contributed by atoms with Gasteiger partial charge in [-0.25, -0.2) is 9.38 Å². The van der Waals surface area contributed by atoms with Gasteiger partial charge < -0.3 is 0 Å². The van der Waals surface area contributed by atoms with E-state index < -0.39 is 0 Å². The van der Waals surface area contributed by atoms with E-state index >= 15 is 0 Å². The number of aliphatic imine (C=N–C) groups is 1. The van der Waals surface area contributed by atoms with E-state index in [-0.39, 0.29) is 11.1 Å². The minimum Gasteiger partial charge on any atom is -0.235 e. The first kappa shape index (κ1) is 14.0. The molecule has 0 amide bonds. The lowest BCUT2D eigenvalue weighted by atomic mass is 10.0. The molecule has 1 aliphatic heterocycles. The van der Waals surface area contributed by atoms with E-state index in [4.69, 9.17) is 11.6 Å². The summed E-state index contributed by atoms with van der Waals surface area (Å²) in [5.74, 6) is -0.223. The van der Waals surface area contributed by atoms with E-state index in [1.807, 2.05) is 36.6 Å². The van der Waals surface area contributed by atoms with Gasteiger partial charge in [0.2, 0.25) is 0 Å². The van der Waals surface area contributed by atoms with E-state index in [0.717, 1.165) is 21.2 Å². The van der Waals surface area contributed by atoms with Crippen molar-refractivity contribution < 1.29 is 4.39 Å². The van der Waals surface area contributed by atoms with E-state index in [2.05, 4.69) is 4.99 Å². The fourth-order valence-corrected chi connectivity index (χ4v) is 4.11. The molecule has 1 unspecified atom stereocenters. The molecule has 0 radical (unpaired) electrons. The highest BCUT2D eigenvalue weighted by Gasteiger charge is 2.25. The summed E-state index contributed by atoms with van der Waals surface area (Å²) in [4.78, 5) is 4.61. The molecule has 0 saturated carbocycles. The lowest BCUT2D eigenvalue weighted by Gasteiger charge is -2.24. The Morgan fingerprint density at radius 1 is 1.20 bits per heavy atom. The summed E-state index contributed by atoms with van der Waals surface area (Å²) < 4.78 is 14.1. The number of hydrogen-bond acceptors (Lipinski definition) is 3. The Balaban J connectivity index is 2.10. The van der Waals surface area contributed by atoms with Gasteiger partial charge in [-0.3, -0.25) is 0 Å². The molecule has 0 aliphatic carbocycles. The number of nitrogens with zero attached hydrogens (tertiary/aromatic N) is 1. The van der Waals surface area contributed by atoms with Crippen molar-refractivity contribution in [1.82, 2.24) is 0 Å². The maximum atomic E-state index is 13.1. The van der Waals surface area contributed by atoms with Crippen LogP contribution in [0.3, 0.4) is 0 Å². The third-order valence-electron chi connectivity index (χ3n) is 3.05. The van der Waals surface area contributed by atoms with Crippen LogP contribution in [-0.2, 0) is 0 Å². The van der Waals surface area contributed by atoms with Crippen LogP contribution in [0.2, 0.25) is 5.02 Å². The summed E-state index contributed by atoms with van der Waals surface area (Å²) in [6.07, 6.45) is 2.01. The van der Waals surface area contributed by atoms with Gasteiger partial charge in [0, 0.05) is 5.02 Å². The number of rotatable bonds is 1. The lowest BCUT2D eigenvalue weighted by molar-refractivity contribution is 0.627. The Morgan fingerprint density at radius 2 is 1.95 bits per heavy atom. The van der Waals surface area contributed by atoms with Gasteiger partial charge in [0.15, 0.2) is 0 Å². The molecule has 0 N–H and O–H groups in total. The van der Waals surface area contributed by atoms with Crippen LogP contribution in [-0.4, -0.2) is 10.6 Å². The van der Waals surface area contributed by atoms with Crippen molar-refractivity contribution in [3.8, 4) is 0 Å². The molecular formula is C15H11ClFNS2. The maximum absolute atomic E-state index is 13.1. The number of benzene rings is 2. The average Bonchev–Trinajstić information content (AvgIpc) is 2.47. The fraction of sp³-hybridized carbons (Fsp3) is 0.133. The zero-order valence-electron chi connectivity index (χ0n) is 10.6. The van der Waals surface area contributed by atoms with Gasteiger partial charge in [-0.2, -0.15) is 0 Å². The van der Waals surface area contributed by atoms with Crippen LogP contribution in [0.4, 0.5) is 10.1 Å². The SMILES string of the molecule is CSC1=Nc2ccc(Cl)cc2C(c2ccc(F)cc2)S1. The first-order chi connectivity index (χ1) is 9.67. The fourth-order valence-electron chi connectivity index (χ4n) is 2.11. The van der Waals surface area contributed by atoms with Crippen LogP contribution in [0, 0.1) is 5.82 Å². The van der Waals surface area contributed by atoms with Crippen molar-refractivity contribution in [2.45, 2.75) is 5.25 Å². The van der Waals surface area contributed by atoms with Crippen molar-refractivity contribution in [2.24, 2.45) is 4.99 Å². The van der Waals surface area contributed by atoms with Gasteiger partial charge in [-0.1, -0.05) is 35.5 Å². The maximum Gasteiger partial charge on any atom is 0.131 e. The number of hydrogen-bond donors (Lipinski definition) is 0. The van der Waals surface area contributed by atoms with E-state index in [0.29, 0.717) is 5.02 Å². The summed E-state index contributed by atoms with van der Waals surface area (Å²) in [5.41, 5.74) is 3.07. The second kappa shape index (κ2) is 5.80. The van der Waals surface area contributed by atoms with Crippen LogP contribution in [0.15, 0.2) is 47.5 Å². The topological polar surface area (TPSA) is 12.4 Å². The summed E-state index contributed by atoms with van der Waals surface area (Å²) in [5, 5.41) is 0.795. The Kier molecular flexibility index (Phi) is 4.06. The monoisotopic (exact) mass is 323 g/mol. The minimum atomic E-state index is -0.223. The second-order valence-electron chi connectivity index (χ2n) is 4.33. The molecule has 102 valence electrons. The van der Waals surface area contributed by atoms with E-state index in [9.17, 15) is 4.39 Å². The van der Waals surface area contributed by atoms with Crippen LogP contribution < -0.4 is 0 Å². The quantitative estimate of drug-likeness (QED) is 0.670. The second-order valence-corrected chi connectivity index (χ2v) is 6.92. The summed E-state index contributed by atoms with van der Waals surface area (Å²) >= 11 is 9.40. The third-order valence-corrected chi connectivity index (χ3v) is 5.57. The van der Waals surface area contributed by atoms with Gasteiger partial charge in [0.1, 0.15) is 10.2 Å². The molecule has 0 fully saturated rings. The molecule has 1 aliphatic rings. The van der Waals surface area contributed by atoms with Crippen molar-refractivity contribution in [3.63, 3.8) is 0 Å². The van der Waals surface area contributed by atoms with Gasteiger partial charge in [0.05, 0.1) is 10.9 Å². The first-order valence-corrected chi connectivity index (χ1v) is 8.50. The predicted octanol–water partition coefficient (Wildman–Crippen LogP) is 5.67. The number of halogens is 2. The summed E-state index contributed by atoms with van der Waals surface area (Å²) in [7, 11) is 0. The average molecular weight is 324 g/mol. The molecule has 5 heteroatoms. The molecule has 2 aromatic rings. The lowest BCUT2D eigenvalue weighted by Crippen LogP contribution is -2.05. The van der Waals surface area contributed by atoms with Crippen molar-refractivity contribution in [1.29, 1.82) is 0 Å². The zero-order valence-corrected chi connectivity index (χ0v) is 13.0. The van der Waals surface area contributed by atoms with Crippen molar-refractivity contribution >= 4 is 45.2 Å². The number of thioether (sulfide) groups is 2. The van der Waals surface area contributed by atoms with Crippen LogP contribution in [0.5, 0.6) is 0 Å². The van der Waals surface area contributed by atoms with Gasteiger partial charge >= 0.3 is 0 Å². The minimum absolute atomic E-state index is 0.101. The molecule has 1 heterocycles. The molecule has 1 nitrogen and oxygen atoms in total. The zero-order chi connectivity index (χ0) is 14.1. The summed E-state index contributed by atoms with van der Waals surface area (Å²) in [6, 6.07) is 12.3. The van der Waals surface area contributed by atoms with Crippen LogP contribution in [0.1, 0.15) is 16.4 Å². The Bertz CT molecular complexity index is 670. The Hall–Kier alpha value is -0.970. The first-order valence-electron chi connectivity index (χ1n) is 6.01. The smallest absolute Gasteiger partial charge is 0.131 e. The van der Waals surface area contributed by atoms with E-state index in [1.165, 1.54) is 12.1 Å². The molecule has 1 atom stereocenters. The van der Waals surface area contributed by atoms with Gasteiger partial charge in [0.25, 0.3) is 0 Å². The predicted molar refractivity (Wildman–Crippen MR) is 87.9 cm³/mol. The molecule has 0 aromatic heterocycles. The molecule has 0 saturated heterocycles. The molecule has 0 spiro atoms. The van der Waals surface area contributed by atoms with Crippen molar-refractivity contribution in [2.75, 3.05) is 6.26 Å². The molecule has 20 heavy (non-hydrogen) atoms. The molecule has 2 aromatic carbocycles.